The lowest BCUT2D eigenvalue weighted by Crippen LogP contribution is -2.39. The standard InChI is InChI=1S/C11H11IN2O2/c1-13-9-3-6-4-10(15)14(2)11(16)7(6)5-8(9)12/h3,5,13H,4H2,1-2H3. The Bertz CT molecular complexity index is 485. The number of hydrogen-bond donors (Lipinski definition) is 1. The second-order valence-corrected chi connectivity index (χ2v) is 4.84. The van der Waals surface area contributed by atoms with Crippen LogP contribution < -0.4 is 5.32 Å². The van der Waals surface area contributed by atoms with Crippen molar-refractivity contribution in [2.75, 3.05) is 19.4 Å². The van der Waals surface area contributed by atoms with E-state index in [4.69, 9.17) is 0 Å². The lowest BCUT2D eigenvalue weighted by Gasteiger charge is -2.24. The van der Waals surface area contributed by atoms with Gasteiger partial charge in [0.25, 0.3) is 5.91 Å². The third kappa shape index (κ3) is 1.68. The first-order chi connectivity index (χ1) is 7.54. The van der Waals surface area contributed by atoms with Crippen molar-refractivity contribution in [3.63, 3.8) is 0 Å². The zero-order valence-electron chi connectivity index (χ0n) is 9.00. The number of nitrogens with one attached hydrogen (secondary N) is 1. The van der Waals surface area contributed by atoms with E-state index >= 15 is 0 Å². The van der Waals surface area contributed by atoms with E-state index in [1.165, 1.54) is 11.9 Å². The van der Waals surface area contributed by atoms with Crippen molar-refractivity contribution < 1.29 is 9.59 Å². The summed E-state index contributed by atoms with van der Waals surface area (Å²) in [5, 5.41) is 3.04. The van der Waals surface area contributed by atoms with E-state index in [2.05, 4.69) is 27.9 Å². The fraction of sp³-hybridized carbons (Fsp3) is 0.273. The molecule has 4 nitrogen and oxygen atoms in total. The molecule has 16 heavy (non-hydrogen) atoms. The van der Waals surface area contributed by atoms with Crippen LogP contribution in [0.2, 0.25) is 0 Å². The summed E-state index contributed by atoms with van der Waals surface area (Å²) in [6.45, 7) is 0. The Balaban J connectivity index is 2.58. The summed E-state index contributed by atoms with van der Waals surface area (Å²) in [4.78, 5) is 24.6. The third-order valence-electron chi connectivity index (χ3n) is 2.71. The van der Waals surface area contributed by atoms with Gasteiger partial charge in [0.15, 0.2) is 0 Å². The van der Waals surface area contributed by atoms with Crippen LogP contribution in [0.1, 0.15) is 15.9 Å². The number of nitrogens with zero attached hydrogens (tertiary/aromatic N) is 1. The molecule has 0 aromatic heterocycles. The molecule has 1 aliphatic rings. The second-order valence-electron chi connectivity index (χ2n) is 3.67. The first kappa shape index (κ1) is 11.4. The van der Waals surface area contributed by atoms with Gasteiger partial charge in [0.2, 0.25) is 5.91 Å². The van der Waals surface area contributed by atoms with Crippen LogP contribution in [-0.2, 0) is 11.2 Å². The Kier molecular flexibility index (Phi) is 2.88. The van der Waals surface area contributed by atoms with Crippen LogP contribution in [0, 0.1) is 3.57 Å². The predicted molar refractivity (Wildman–Crippen MR) is 69.5 cm³/mol. The van der Waals surface area contributed by atoms with Gasteiger partial charge in [-0.3, -0.25) is 14.5 Å². The molecule has 0 unspecified atom stereocenters. The first-order valence-corrected chi connectivity index (χ1v) is 5.93. The molecule has 0 aliphatic carbocycles. The largest absolute Gasteiger partial charge is 0.387 e. The number of fused-ring (bicyclic) bond motifs is 1. The van der Waals surface area contributed by atoms with Crippen molar-refractivity contribution in [1.82, 2.24) is 4.90 Å². The van der Waals surface area contributed by atoms with E-state index in [0.717, 1.165) is 14.8 Å². The quantitative estimate of drug-likeness (QED) is 0.627. The highest BCUT2D eigenvalue weighted by molar-refractivity contribution is 14.1. The fourth-order valence-electron chi connectivity index (χ4n) is 1.73. The minimum absolute atomic E-state index is 0.152. The topological polar surface area (TPSA) is 49.4 Å². The zero-order valence-corrected chi connectivity index (χ0v) is 11.2. The van der Waals surface area contributed by atoms with E-state index in [1.807, 2.05) is 19.2 Å². The highest BCUT2D eigenvalue weighted by atomic mass is 127. The zero-order chi connectivity index (χ0) is 11.9. The Labute approximate surface area is 107 Å². The smallest absolute Gasteiger partial charge is 0.260 e. The number of rotatable bonds is 1. The molecule has 2 amide bonds. The van der Waals surface area contributed by atoms with Crippen molar-refractivity contribution in [1.29, 1.82) is 0 Å². The minimum Gasteiger partial charge on any atom is -0.387 e. The Morgan fingerprint density at radius 2 is 2.06 bits per heavy atom. The van der Waals surface area contributed by atoms with Gasteiger partial charge < -0.3 is 5.32 Å². The fourth-order valence-corrected chi connectivity index (χ4v) is 2.47. The number of anilines is 1. The van der Waals surface area contributed by atoms with E-state index < -0.39 is 0 Å². The van der Waals surface area contributed by atoms with E-state index in [0.29, 0.717) is 12.0 Å². The van der Waals surface area contributed by atoms with Gasteiger partial charge in [-0.2, -0.15) is 0 Å². The molecule has 1 aromatic carbocycles. The maximum absolute atomic E-state index is 11.9. The van der Waals surface area contributed by atoms with Crippen LogP contribution >= 0.6 is 22.6 Å². The molecule has 1 aliphatic heterocycles. The molecule has 0 saturated carbocycles. The van der Waals surface area contributed by atoms with Gasteiger partial charge >= 0.3 is 0 Å². The molecule has 0 atom stereocenters. The summed E-state index contributed by atoms with van der Waals surface area (Å²) >= 11 is 2.17. The van der Waals surface area contributed by atoms with Gasteiger partial charge in [0, 0.05) is 28.9 Å². The van der Waals surface area contributed by atoms with Gasteiger partial charge in [-0.15, -0.1) is 0 Å². The molecule has 0 saturated heterocycles. The average molecular weight is 330 g/mol. The van der Waals surface area contributed by atoms with Gasteiger partial charge in [0.05, 0.1) is 6.42 Å². The monoisotopic (exact) mass is 330 g/mol. The molecule has 0 bridgehead atoms. The van der Waals surface area contributed by atoms with Gasteiger partial charge in [0.1, 0.15) is 0 Å². The van der Waals surface area contributed by atoms with Crippen molar-refractivity contribution in [3.8, 4) is 0 Å². The summed E-state index contributed by atoms with van der Waals surface area (Å²) in [7, 11) is 3.34. The summed E-state index contributed by atoms with van der Waals surface area (Å²) in [6.07, 6.45) is 0.295. The molecular formula is C11H11IN2O2. The molecule has 84 valence electrons. The highest BCUT2D eigenvalue weighted by Gasteiger charge is 2.28. The molecule has 1 aromatic rings. The Morgan fingerprint density at radius 1 is 1.38 bits per heavy atom. The SMILES string of the molecule is CNc1cc2c(cc1I)C(=O)N(C)C(=O)C2. The van der Waals surface area contributed by atoms with Gasteiger partial charge in [-0.1, -0.05) is 0 Å². The summed E-state index contributed by atoms with van der Waals surface area (Å²) in [5.41, 5.74) is 2.38. The van der Waals surface area contributed by atoms with Crippen LogP contribution in [0.15, 0.2) is 12.1 Å². The predicted octanol–water partition coefficient (Wildman–Crippen LogP) is 1.49. The number of carbonyl (C=O) groups is 2. The number of amides is 2. The molecule has 0 radical (unpaired) electrons. The van der Waals surface area contributed by atoms with Crippen molar-refractivity contribution in [2.24, 2.45) is 0 Å². The summed E-state index contributed by atoms with van der Waals surface area (Å²) < 4.78 is 0.981. The van der Waals surface area contributed by atoms with Crippen LogP contribution in [0.3, 0.4) is 0 Å². The van der Waals surface area contributed by atoms with Gasteiger partial charge in [-0.05, 0) is 40.3 Å². The number of carbonyl (C=O) groups excluding carboxylic acids is 2. The van der Waals surface area contributed by atoms with E-state index in [1.54, 1.807) is 0 Å². The maximum Gasteiger partial charge on any atom is 0.260 e. The normalized spacial score (nSPS) is 15.1. The summed E-state index contributed by atoms with van der Waals surface area (Å²) in [5.74, 6) is -0.368. The number of likely N-dealkylation sites (N-methyl/N-ethyl adjacent to an activating group) is 1. The number of imide groups is 1. The van der Waals surface area contributed by atoms with Crippen molar-refractivity contribution in [2.45, 2.75) is 6.42 Å². The Morgan fingerprint density at radius 3 is 2.69 bits per heavy atom. The van der Waals surface area contributed by atoms with Crippen LogP contribution in [0.5, 0.6) is 0 Å². The maximum atomic E-state index is 11.9. The minimum atomic E-state index is -0.216. The molecular weight excluding hydrogens is 319 g/mol. The third-order valence-corrected chi connectivity index (χ3v) is 3.61. The molecule has 1 heterocycles. The van der Waals surface area contributed by atoms with Crippen LogP contribution in [0.25, 0.3) is 0 Å². The van der Waals surface area contributed by atoms with E-state index in [9.17, 15) is 9.59 Å². The average Bonchev–Trinajstić information content (AvgIpc) is 2.27. The number of hydrogen-bond acceptors (Lipinski definition) is 3. The van der Waals surface area contributed by atoms with Crippen molar-refractivity contribution >= 4 is 40.1 Å². The number of halogens is 1. The lowest BCUT2D eigenvalue weighted by molar-refractivity contribution is -0.127. The number of benzene rings is 1. The van der Waals surface area contributed by atoms with Crippen molar-refractivity contribution in [3.05, 3.63) is 26.8 Å². The van der Waals surface area contributed by atoms with Crippen LogP contribution in [-0.4, -0.2) is 30.8 Å². The summed E-state index contributed by atoms with van der Waals surface area (Å²) in [6, 6.07) is 3.70. The van der Waals surface area contributed by atoms with E-state index in [-0.39, 0.29) is 11.8 Å². The molecule has 0 fully saturated rings. The molecule has 1 N–H and O–H groups in total. The Hall–Kier alpha value is -1.11. The lowest BCUT2D eigenvalue weighted by atomic mass is 9.98. The highest BCUT2D eigenvalue weighted by Crippen LogP contribution is 2.27. The molecule has 5 heteroatoms. The van der Waals surface area contributed by atoms with Crippen LogP contribution in [0.4, 0.5) is 5.69 Å². The molecule has 0 spiro atoms. The van der Waals surface area contributed by atoms with Gasteiger partial charge in [-0.25, -0.2) is 0 Å². The second kappa shape index (κ2) is 4.04. The first-order valence-electron chi connectivity index (χ1n) is 4.85. The molecule has 2 rings (SSSR count).